The molecule has 0 bridgehead atoms. The Kier molecular flexibility index (Phi) is 5.64. The minimum atomic E-state index is 0.317. The van der Waals surface area contributed by atoms with Gasteiger partial charge in [-0.1, -0.05) is 6.92 Å². The molecular weight excluding hydrogens is 126 g/mol. The Morgan fingerprint density at radius 1 is 1.40 bits per heavy atom. The standard InChI is InChI=1S/C8H19NO/c1-7(8(2)9)5-4-6-10-3/h7-8H,4-6,9H2,1-3H3. The van der Waals surface area contributed by atoms with Gasteiger partial charge in [-0.05, 0) is 25.7 Å². The number of methoxy groups -OCH3 is 1. The molecule has 0 saturated carbocycles. The molecule has 62 valence electrons. The SMILES string of the molecule is COCCCC(C)C(C)N. The summed E-state index contributed by atoms with van der Waals surface area (Å²) in [5.41, 5.74) is 5.68. The van der Waals surface area contributed by atoms with E-state index in [2.05, 4.69) is 13.8 Å². The molecule has 2 heteroatoms. The van der Waals surface area contributed by atoms with Gasteiger partial charge in [-0.25, -0.2) is 0 Å². The number of rotatable bonds is 5. The summed E-state index contributed by atoms with van der Waals surface area (Å²) in [6.07, 6.45) is 2.30. The molecule has 2 atom stereocenters. The highest BCUT2D eigenvalue weighted by Gasteiger charge is 2.05. The molecule has 2 N–H and O–H groups in total. The molecule has 0 aliphatic carbocycles. The third kappa shape index (κ3) is 4.77. The molecule has 10 heavy (non-hydrogen) atoms. The lowest BCUT2D eigenvalue weighted by atomic mass is 9.99. The Morgan fingerprint density at radius 3 is 2.40 bits per heavy atom. The zero-order valence-electron chi connectivity index (χ0n) is 7.26. The summed E-state index contributed by atoms with van der Waals surface area (Å²) >= 11 is 0. The summed E-state index contributed by atoms with van der Waals surface area (Å²) in [4.78, 5) is 0. The van der Waals surface area contributed by atoms with Crippen LogP contribution in [0.1, 0.15) is 26.7 Å². The first-order chi connectivity index (χ1) is 4.68. The van der Waals surface area contributed by atoms with Gasteiger partial charge >= 0.3 is 0 Å². The fourth-order valence-electron chi connectivity index (χ4n) is 0.813. The Balaban J connectivity index is 3.13. The normalized spacial score (nSPS) is 16.8. The number of ether oxygens (including phenoxy) is 1. The van der Waals surface area contributed by atoms with Crippen molar-refractivity contribution in [1.29, 1.82) is 0 Å². The molecule has 0 aliphatic heterocycles. The lowest BCUT2D eigenvalue weighted by Gasteiger charge is -2.14. The van der Waals surface area contributed by atoms with E-state index in [1.807, 2.05) is 0 Å². The van der Waals surface area contributed by atoms with Crippen molar-refractivity contribution < 1.29 is 4.74 Å². The van der Waals surface area contributed by atoms with Crippen LogP contribution in [0.2, 0.25) is 0 Å². The monoisotopic (exact) mass is 145 g/mol. The Labute approximate surface area is 63.7 Å². The van der Waals surface area contributed by atoms with Gasteiger partial charge in [-0.3, -0.25) is 0 Å². The van der Waals surface area contributed by atoms with E-state index in [4.69, 9.17) is 10.5 Å². The Morgan fingerprint density at radius 2 is 2.00 bits per heavy atom. The van der Waals surface area contributed by atoms with Gasteiger partial charge in [-0.15, -0.1) is 0 Å². The smallest absolute Gasteiger partial charge is 0.0462 e. The quantitative estimate of drug-likeness (QED) is 0.593. The molecular formula is C8H19NO. The summed E-state index contributed by atoms with van der Waals surface area (Å²) in [5, 5.41) is 0. The third-order valence-electron chi connectivity index (χ3n) is 1.91. The summed E-state index contributed by atoms with van der Waals surface area (Å²) < 4.78 is 4.93. The zero-order valence-corrected chi connectivity index (χ0v) is 7.26. The maximum Gasteiger partial charge on any atom is 0.0462 e. The van der Waals surface area contributed by atoms with E-state index in [0.29, 0.717) is 12.0 Å². The van der Waals surface area contributed by atoms with Crippen molar-refractivity contribution in [3.8, 4) is 0 Å². The average molecular weight is 145 g/mol. The minimum Gasteiger partial charge on any atom is -0.385 e. The predicted molar refractivity (Wildman–Crippen MR) is 43.9 cm³/mol. The van der Waals surface area contributed by atoms with Crippen molar-refractivity contribution in [3.63, 3.8) is 0 Å². The number of hydrogen-bond donors (Lipinski definition) is 1. The Hall–Kier alpha value is -0.0800. The van der Waals surface area contributed by atoms with Crippen LogP contribution in [0.5, 0.6) is 0 Å². The lowest BCUT2D eigenvalue weighted by Crippen LogP contribution is -2.24. The molecule has 0 aromatic carbocycles. The number of hydrogen-bond acceptors (Lipinski definition) is 2. The molecule has 2 nitrogen and oxygen atoms in total. The molecule has 0 aromatic heterocycles. The summed E-state index contributed by atoms with van der Waals surface area (Å²) in [7, 11) is 1.73. The van der Waals surface area contributed by atoms with Crippen molar-refractivity contribution in [1.82, 2.24) is 0 Å². The van der Waals surface area contributed by atoms with Gasteiger partial charge in [0.2, 0.25) is 0 Å². The van der Waals surface area contributed by atoms with Gasteiger partial charge < -0.3 is 10.5 Å². The lowest BCUT2D eigenvalue weighted by molar-refractivity contribution is 0.186. The molecule has 0 saturated heterocycles. The highest BCUT2D eigenvalue weighted by atomic mass is 16.5. The van der Waals surface area contributed by atoms with Crippen molar-refractivity contribution in [2.45, 2.75) is 32.7 Å². The zero-order chi connectivity index (χ0) is 7.98. The summed E-state index contributed by atoms with van der Waals surface area (Å²) in [6, 6.07) is 0.317. The number of nitrogens with two attached hydrogens (primary N) is 1. The third-order valence-corrected chi connectivity index (χ3v) is 1.91. The van der Waals surface area contributed by atoms with Crippen LogP contribution in [-0.2, 0) is 4.74 Å². The van der Waals surface area contributed by atoms with Crippen LogP contribution in [0.4, 0.5) is 0 Å². The van der Waals surface area contributed by atoms with E-state index in [1.54, 1.807) is 7.11 Å². The van der Waals surface area contributed by atoms with Crippen LogP contribution >= 0.6 is 0 Å². The predicted octanol–water partition coefficient (Wildman–Crippen LogP) is 1.40. The van der Waals surface area contributed by atoms with E-state index in [0.717, 1.165) is 13.0 Å². The van der Waals surface area contributed by atoms with Gasteiger partial charge in [-0.2, -0.15) is 0 Å². The fourth-order valence-corrected chi connectivity index (χ4v) is 0.813. The first-order valence-electron chi connectivity index (χ1n) is 3.93. The van der Waals surface area contributed by atoms with Gasteiger partial charge in [0.25, 0.3) is 0 Å². The second-order valence-electron chi connectivity index (χ2n) is 2.97. The van der Waals surface area contributed by atoms with Crippen LogP contribution < -0.4 is 5.73 Å². The molecule has 0 fully saturated rings. The van der Waals surface area contributed by atoms with E-state index in [1.165, 1.54) is 6.42 Å². The molecule has 0 aromatic rings. The molecule has 0 rings (SSSR count). The van der Waals surface area contributed by atoms with E-state index in [9.17, 15) is 0 Å². The average Bonchev–Trinajstić information content (AvgIpc) is 1.88. The van der Waals surface area contributed by atoms with E-state index < -0.39 is 0 Å². The first-order valence-corrected chi connectivity index (χ1v) is 3.93. The van der Waals surface area contributed by atoms with Gasteiger partial charge in [0.1, 0.15) is 0 Å². The van der Waals surface area contributed by atoms with Crippen molar-refractivity contribution in [3.05, 3.63) is 0 Å². The highest BCUT2D eigenvalue weighted by molar-refractivity contribution is 4.62. The summed E-state index contributed by atoms with van der Waals surface area (Å²) in [6.45, 7) is 5.09. The van der Waals surface area contributed by atoms with Crippen LogP contribution in [0, 0.1) is 5.92 Å². The van der Waals surface area contributed by atoms with Crippen LogP contribution in [0.3, 0.4) is 0 Å². The second kappa shape index (κ2) is 5.69. The van der Waals surface area contributed by atoms with Crippen LogP contribution in [-0.4, -0.2) is 19.8 Å². The Bertz CT molecular complexity index is 73.7. The van der Waals surface area contributed by atoms with Crippen LogP contribution in [0.15, 0.2) is 0 Å². The second-order valence-corrected chi connectivity index (χ2v) is 2.97. The van der Waals surface area contributed by atoms with Gasteiger partial charge in [0, 0.05) is 19.8 Å². The minimum absolute atomic E-state index is 0.317. The first kappa shape index (κ1) is 9.92. The summed E-state index contributed by atoms with van der Waals surface area (Å²) in [5.74, 6) is 0.621. The largest absolute Gasteiger partial charge is 0.385 e. The van der Waals surface area contributed by atoms with E-state index >= 15 is 0 Å². The molecule has 0 radical (unpaired) electrons. The van der Waals surface area contributed by atoms with Gasteiger partial charge in [0.05, 0.1) is 0 Å². The maximum atomic E-state index is 5.68. The topological polar surface area (TPSA) is 35.2 Å². The maximum absolute atomic E-state index is 5.68. The molecule has 0 amide bonds. The van der Waals surface area contributed by atoms with Crippen LogP contribution in [0.25, 0.3) is 0 Å². The molecule has 0 spiro atoms. The van der Waals surface area contributed by atoms with Crippen molar-refractivity contribution in [2.24, 2.45) is 11.7 Å². The fraction of sp³-hybridized carbons (Fsp3) is 1.00. The molecule has 0 aliphatic rings. The van der Waals surface area contributed by atoms with Crippen molar-refractivity contribution in [2.75, 3.05) is 13.7 Å². The van der Waals surface area contributed by atoms with E-state index in [-0.39, 0.29) is 0 Å². The highest BCUT2D eigenvalue weighted by Crippen LogP contribution is 2.07. The molecule has 0 heterocycles. The molecule has 2 unspecified atom stereocenters. The van der Waals surface area contributed by atoms with Gasteiger partial charge in [0.15, 0.2) is 0 Å². The van der Waals surface area contributed by atoms with Crippen molar-refractivity contribution >= 4 is 0 Å².